The predicted molar refractivity (Wildman–Crippen MR) is 97.9 cm³/mol. The molecule has 25 heavy (non-hydrogen) atoms. The molecule has 1 heterocycles. The van der Waals surface area contributed by atoms with Gasteiger partial charge in [0, 0.05) is 23.5 Å². The summed E-state index contributed by atoms with van der Waals surface area (Å²) in [4.78, 5) is 8.48. The zero-order valence-corrected chi connectivity index (χ0v) is 14.7. The third-order valence-electron chi connectivity index (χ3n) is 3.56. The van der Waals surface area contributed by atoms with Gasteiger partial charge in [-0.25, -0.2) is 4.99 Å². The maximum absolute atomic E-state index is 12.8. The zero-order valence-electron chi connectivity index (χ0n) is 13.9. The molecule has 0 aromatic heterocycles. The van der Waals surface area contributed by atoms with Gasteiger partial charge in [0.2, 0.25) is 0 Å². The average molecular weight is 367 g/mol. The van der Waals surface area contributed by atoms with Crippen molar-refractivity contribution in [3.05, 3.63) is 65.5 Å². The van der Waals surface area contributed by atoms with Crippen molar-refractivity contribution in [3.8, 4) is 0 Å². The molecular weight excluding hydrogens is 349 g/mol. The topological polar surface area (TPSA) is 24.7 Å². The van der Waals surface area contributed by atoms with Gasteiger partial charge >= 0.3 is 6.18 Å². The summed E-state index contributed by atoms with van der Waals surface area (Å²) < 4.78 is 38.3. The molecule has 132 valence electrons. The first-order valence-electron chi connectivity index (χ1n) is 7.89. The van der Waals surface area contributed by atoms with E-state index in [9.17, 15) is 13.2 Å². The molecule has 0 aliphatic carbocycles. The largest absolute Gasteiger partial charge is 0.416 e. The molecule has 6 heteroatoms. The van der Waals surface area contributed by atoms with Crippen LogP contribution >= 0.6 is 11.6 Å². The molecule has 2 nitrogen and oxygen atoms in total. The smallest absolute Gasteiger partial charge is 0.253 e. The summed E-state index contributed by atoms with van der Waals surface area (Å²) in [6.45, 7) is 3.87. The van der Waals surface area contributed by atoms with E-state index in [0.29, 0.717) is 16.8 Å². The molecule has 1 aromatic rings. The minimum atomic E-state index is -4.36. The van der Waals surface area contributed by atoms with E-state index in [1.165, 1.54) is 12.1 Å². The summed E-state index contributed by atoms with van der Waals surface area (Å²) >= 11 is 6.18. The molecule has 0 bridgehead atoms. The highest BCUT2D eigenvalue weighted by atomic mass is 35.5. The Balaban J connectivity index is 2.50. The molecule has 0 amide bonds. The Hall–Kier alpha value is -2.14. The fourth-order valence-electron chi connectivity index (χ4n) is 2.33. The van der Waals surface area contributed by atoms with Crippen LogP contribution in [0.4, 0.5) is 13.2 Å². The second-order valence-electron chi connectivity index (χ2n) is 5.40. The van der Waals surface area contributed by atoms with Gasteiger partial charge in [0.1, 0.15) is 5.71 Å². The molecule has 0 unspecified atom stereocenters. The fraction of sp³-hybridized carbons (Fsp3) is 0.263. The molecule has 0 fully saturated rings. The minimum Gasteiger partial charge on any atom is -0.253 e. The number of benzene rings is 1. The Morgan fingerprint density at radius 1 is 1.20 bits per heavy atom. The van der Waals surface area contributed by atoms with E-state index >= 15 is 0 Å². The Morgan fingerprint density at radius 3 is 2.44 bits per heavy atom. The SMILES string of the molecule is C\C=C/N=C1\C(Cl)=NC=C(c2ccc(C(F)(F)F)cc2)\C1=C/CCC. The van der Waals surface area contributed by atoms with Crippen molar-refractivity contribution in [1.82, 2.24) is 0 Å². The number of alkyl halides is 3. The van der Waals surface area contributed by atoms with Gasteiger partial charge in [0.15, 0.2) is 5.17 Å². The summed E-state index contributed by atoms with van der Waals surface area (Å²) in [6, 6.07) is 5.01. The summed E-state index contributed by atoms with van der Waals surface area (Å²) in [5, 5.41) is 0.260. The number of nitrogens with zero attached hydrogens (tertiary/aromatic N) is 2. The number of hydrogen-bond acceptors (Lipinski definition) is 2. The van der Waals surface area contributed by atoms with Gasteiger partial charge in [-0.05, 0) is 31.0 Å². The highest BCUT2D eigenvalue weighted by molar-refractivity contribution is 6.86. The van der Waals surface area contributed by atoms with Gasteiger partial charge in [-0.15, -0.1) is 0 Å². The van der Waals surface area contributed by atoms with E-state index < -0.39 is 11.7 Å². The molecule has 1 aliphatic heterocycles. The highest BCUT2D eigenvalue weighted by Crippen LogP contribution is 2.33. The summed E-state index contributed by atoms with van der Waals surface area (Å²) in [6.07, 6.45) is 4.31. The third-order valence-corrected chi connectivity index (χ3v) is 3.84. The van der Waals surface area contributed by atoms with Crippen LogP contribution in [-0.4, -0.2) is 10.9 Å². The monoisotopic (exact) mass is 366 g/mol. The van der Waals surface area contributed by atoms with Crippen LogP contribution in [0, 0.1) is 0 Å². The normalized spacial score (nSPS) is 18.8. The number of halogens is 4. The zero-order chi connectivity index (χ0) is 18.4. The molecule has 0 saturated carbocycles. The molecule has 0 N–H and O–H groups in total. The van der Waals surface area contributed by atoms with Crippen LogP contribution in [0.1, 0.15) is 37.8 Å². The maximum atomic E-state index is 12.8. The predicted octanol–water partition coefficient (Wildman–Crippen LogP) is 6.40. The molecule has 1 aromatic carbocycles. The van der Waals surface area contributed by atoms with E-state index in [1.54, 1.807) is 18.5 Å². The van der Waals surface area contributed by atoms with Crippen LogP contribution in [-0.2, 0) is 6.18 Å². The van der Waals surface area contributed by atoms with Crippen molar-refractivity contribution in [2.45, 2.75) is 32.9 Å². The Kier molecular flexibility index (Phi) is 6.37. The summed E-state index contributed by atoms with van der Waals surface area (Å²) in [5.41, 5.74) is 1.95. The lowest BCUT2D eigenvalue weighted by molar-refractivity contribution is -0.137. The first-order valence-corrected chi connectivity index (χ1v) is 8.27. The van der Waals surface area contributed by atoms with Gasteiger partial charge in [0.05, 0.1) is 5.56 Å². The van der Waals surface area contributed by atoms with Gasteiger partial charge in [0.25, 0.3) is 0 Å². The molecule has 0 spiro atoms. The van der Waals surface area contributed by atoms with Crippen LogP contribution in [0.25, 0.3) is 5.57 Å². The van der Waals surface area contributed by atoms with E-state index in [0.717, 1.165) is 30.5 Å². The van der Waals surface area contributed by atoms with Crippen LogP contribution in [0.5, 0.6) is 0 Å². The Labute approximate surface area is 150 Å². The molecule has 0 saturated heterocycles. The Morgan fingerprint density at radius 2 is 1.88 bits per heavy atom. The first kappa shape index (κ1) is 19.2. The van der Waals surface area contributed by atoms with Crippen molar-refractivity contribution < 1.29 is 13.2 Å². The first-order chi connectivity index (χ1) is 11.9. The van der Waals surface area contributed by atoms with Crippen LogP contribution in [0.3, 0.4) is 0 Å². The number of hydrogen-bond donors (Lipinski definition) is 0. The van der Waals surface area contributed by atoms with Gasteiger partial charge in [-0.3, -0.25) is 4.99 Å². The number of unbranched alkanes of at least 4 members (excludes halogenated alkanes) is 1. The van der Waals surface area contributed by atoms with Gasteiger partial charge in [-0.1, -0.05) is 49.2 Å². The maximum Gasteiger partial charge on any atom is 0.416 e. The lowest BCUT2D eigenvalue weighted by Gasteiger charge is -2.18. The quantitative estimate of drug-likeness (QED) is 0.589. The minimum absolute atomic E-state index is 0.260. The van der Waals surface area contributed by atoms with Crippen molar-refractivity contribution in [1.29, 1.82) is 0 Å². The Bertz CT molecular complexity index is 767. The van der Waals surface area contributed by atoms with Gasteiger partial charge < -0.3 is 0 Å². The van der Waals surface area contributed by atoms with Crippen molar-refractivity contribution >= 4 is 28.1 Å². The molecule has 0 atom stereocenters. The van der Waals surface area contributed by atoms with Crippen LogP contribution in [0.2, 0.25) is 0 Å². The fourth-order valence-corrected chi connectivity index (χ4v) is 2.53. The van der Waals surface area contributed by atoms with E-state index in [4.69, 9.17) is 11.6 Å². The van der Waals surface area contributed by atoms with Crippen molar-refractivity contribution in [2.24, 2.45) is 9.98 Å². The lowest BCUT2D eigenvalue weighted by Crippen LogP contribution is -2.16. The molecule has 1 aliphatic rings. The number of allylic oxidation sites excluding steroid dienone is 4. The van der Waals surface area contributed by atoms with E-state index in [-0.39, 0.29) is 5.17 Å². The third kappa shape index (κ3) is 4.69. The van der Waals surface area contributed by atoms with E-state index in [2.05, 4.69) is 9.98 Å². The lowest BCUT2D eigenvalue weighted by atomic mass is 9.92. The van der Waals surface area contributed by atoms with Crippen LogP contribution in [0.15, 0.2) is 64.4 Å². The standard InChI is InChI=1S/C19H18ClF3N2/c1-3-5-6-15-16(12-25-18(20)17(15)24-11-4-2)13-7-9-14(10-8-13)19(21,22)23/h4,6-12H,3,5H2,1-2H3/b11-4-,15-6+,24-17-. The number of rotatable bonds is 4. The average Bonchev–Trinajstić information content (AvgIpc) is 2.58. The van der Waals surface area contributed by atoms with E-state index in [1.807, 2.05) is 19.9 Å². The second kappa shape index (κ2) is 8.30. The van der Waals surface area contributed by atoms with Crippen molar-refractivity contribution in [2.75, 3.05) is 0 Å². The van der Waals surface area contributed by atoms with Gasteiger partial charge in [-0.2, -0.15) is 13.2 Å². The molecule has 0 radical (unpaired) electrons. The number of aliphatic imine (C=N–C) groups is 2. The summed E-state index contributed by atoms with van der Waals surface area (Å²) in [5.74, 6) is 0. The van der Waals surface area contributed by atoms with Crippen molar-refractivity contribution in [3.63, 3.8) is 0 Å². The molecule has 2 rings (SSSR count). The second-order valence-corrected chi connectivity index (χ2v) is 5.76. The molecular formula is C19H18ClF3N2. The highest BCUT2D eigenvalue weighted by Gasteiger charge is 2.30. The summed E-state index contributed by atoms with van der Waals surface area (Å²) in [7, 11) is 0. The van der Waals surface area contributed by atoms with Crippen LogP contribution < -0.4 is 0 Å².